The van der Waals surface area contributed by atoms with Crippen LogP contribution in [0.3, 0.4) is 0 Å². The fraction of sp³-hybridized carbons (Fsp3) is 0.174. The van der Waals surface area contributed by atoms with Gasteiger partial charge in [0.25, 0.3) is 0 Å². The maximum Gasteiger partial charge on any atom is 0.248 e. The zero-order valence-corrected chi connectivity index (χ0v) is 14.5. The molecule has 3 heteroatoms. The minimum atomic E-state index is -0.379. The highest BCUT2D eigenvalue weighted by Crippen LogP contribution is 2.36. The second-order valence-electron chi connectivity index (χ2n) is 6.92. The minimum absolute atomic E-state index is 0.242. The van der Waals surface area contributed by atoms with Crippen LogP contribution in [0.1, 0.15) is 39.4 Å². The number of nitrogens with two attached hydrogens (primary N) is 1. The highest BCUT2D eigenvalue weighted by Gasteiger charge is 2.24. The summed E-state index contributed by atoms with van der Waals surface area (Å²) in [5.41, 5.74) is 12.1. The Bertz CT molecular complexity index is 960. The van der Waals surface area contributed by atoms with Crippen LogP contribution in [0.2, 0.25) is 0 Å². The van der Waals surface area contributed by atoms with Gasteiger partial charge >= 0.3 is 0 Å². The fourth-order valence-electron chi connectivity index (χ4n) is 3.92. The maximum atomic E-state index is 12.0. The number of hydrogen-bond donors (Lipinski definition) is 2. The fourth-order valence-corrected chi connectivity index (χ4v) is 3.92. The summed E-state index contributed by atoms with van der Waals surface area (Å²) in [5, 5.41) is 9.51. The van der Waals surface area contributed by atoms with Gasteiger partial charge in [0.15, 0.2) is 0 Å². The first kappa shape index (κ1) is 16.4. The monoisotopic (exact) mass is 343 g/mol. The number of carbonyl (C=O) groups is 1. The van der Waals surface area contributed by atoms with Crippen LogP contribution in [-0.4, -0.2) is 11.0 Å². The Morgan fingerprint density at radius 1 is 0.923 bits per heavy atom. The molecule has 3 aromatic carbocycles. The number of carbonyl (C=O) groups excluding carboxylic acids is 1. The van der Waals surface area contributed by atoms with Gasteiger partial charge in [0.05, 0.1) is 0 Å². The number of primary amides is 1. The Kier molecular flexibility index (Phi) is 4.21. The van der Waals surface area contributed by atoms with E-state index in [1.165, 1.54) is 11.1 Å². The lowest BCUT2D eigenvalue weighted by Crippen LogP contribution is -2.19. The molecule has 0 saturated heterocycles. The van der Waals surface area contributed by atoms with Gasteiger partial charge in [0, 0.05) is 5.56 Å². The lowest BCUT2D eigenvalue weighted by molar-refractivity contribution is 0.0999. The van der Waals surface area contributed by atoms with Gasteiger partial charge in [-0.1, -0.05) is 48.5 Å². The van der Waals surface area contributed by atoms with Crippen molar-refractivity contribution < 1.29 is 9.90 Å². The van der Waals surface area contributed by atoms with Gasteiger partial charge in [-0.3, -0.25) is 4.79 Å². The molecule has 0 fully saturated rings. The molecule has 3 aromatic rings. The molecular formula is C23H21NO2. The smallest absolute Gasteiger partial charge is 0.248 e. The second kappa shape index (κ2) is 6.68. The molecule has 26 heavy (non-hydrogen) atoms. The normalized spacial score (nSPS) is 16.1. The van der Waals surface area contributed by atoms with Gasteiger partial charge in [0.2, 0.25) is 5.91 Å². The van der Waals surface area contributed by atoms with Gasteiger partial charge < -0.3 is 10.8 Å². The molecule has 0 saturated carbocycles. The zero-order valence-electron chi connectivity index (χ0n) is 14.5. The molecule has 1 aliphatic rings. The Hall–Kier alpha value is -3.07. The first-order chi connectivity index (χ1) is 12.6. The van der Waals surface area contributed by atoms with E-state index in [-0.39, 0.29) is 17.6 Å². The largest absolute Gasteiger partial charge is 0.508 e. The highest BCUT2D eigenvalue weighted by molar-refractivity contribution is 5.95. The number of rotatable bonds is 3. The van der Waals surface area contributed by atoms with E-state index >= 15 is 0 Å². The molecule has 0 heterocycles. The quantitative estimate of drug-likeness (QED) is 0.739. The van der Waals surface area contributed by atoms with E-state index < -0.39 is 0 Å². The average Bonchev–Trinajstić information content (AvgIpc) is 2.67. The van der Waals surface area contributed by atoms with Crippen molar-refractivity contribution in [3.8, 4) is 16.9 Å². The van der Waals surface area contributed by atoms with Crippen molar-refractivity contribution in [1.82, 2.24) is 0 Å². The third kappa shape index (κ3) is 3.08. The van der Waals surface area contributed by atoms with E-state index in [0.29, 0.717) is 5.56 Å². The standard InChI is InChI=1S/C23H21NO2/c24-23(26)21-12-9-18(16-7-10-20(25)11-8-16)14-22(21)19-6-5-15-3-1-2-4-17(15)13-19/h1-4,7-12,14,19,25H,5-6,13H2,(H2,24,26). The summed E-state index contributed by atoms with van der Waals surface area (Å²) in [6, 6.07) is 21.5. The molecule has 0 aromatic heterocycles. The average molecular weight is 343 g/mol. The Labute approximate surface area is 153 Å². The van der Waals surface area contributed by atoms with E-state index in [1.807, 2.05) is 24.3 Å². The zero-order chi connectivity index (χ0) is 18.1. The number of hydrogen-bond acceptors (Lipinski definition) is 2. The summed E-state index contributed by atoms with van der Waals surface area (Å²) >= 11 is 0. The number of aromatic hydroxyl groups is 1. The predicted molar refractivity (Wildman–Crippen MR) is 103 cm³/mol. The van der Waals surface area contributed by atoms with Crippen molar-refractivity contribution in [3.63, 3.8) is 0 Å². The summed E-state index contributed by atoms with van der Waals surface area (Å²) in [4.78, 5) is 12.0. The molecule has 3 N–H and O–H groups in total. The van der Waals surface area contributed by atoms with Gasteiger partial charge in [-0.25, -0.2) is 0 Å². The molecule has 0 bridgehead atoms. The first-order valence-corrected chi connectivity index (χ1v) is 8.92. The number of aryl methyl sites for hydroxylation is 1. The Balaban J connectivity index is 1.75. The van der Waals surface area contributed by atoms with Crippen molar-refractivity contribution in [2.24, 2.45) is 5.73 Å². The molecule has 1 aliphatic carbocycles. The Morgan fingerprint density at radius 3 is 2.35 bits per heavy atom. The van der Waals surface area contributed by atoms with Gasteiger partial charge in [0.1, 0.15) is 5.75 Å². The molecule has 0 radical (unpaired) electrons. The van der Waals surface area contributed by atoms with E-state index in [1.54, 1.807) is 12.1 Å². The lowest BCUT2D eigenvalue weighted by atomic mass is 9.78. The van der Waals surface area contributed by atoms with Crippen LogP contribution in [-0.2, 0) is 12.8 Å². The van der Waals surface area contributed by atoms with Crippen molar-refractivity contribution in [1.29, 1.82) is 0 Å². The molecule has 1 atom stereocenters. The van der Waals surface area contributed by atoms with Crippen molar-refractivity contribution in [2.75, 3.05) is 0 Å². The molecule has 0 aliphatic heterocycles. The van der Waals surface area contributed by atoms with Crippen LogP contribution in [0.25, 0.3) is 11.1 Å². The SMILES string of the molecule is NC(=O)c1ccc(-c2ccc(O)cc2)cc1C1CCc2ccccc2C1. The lowest BCUT2D eigenvalue weighted by Gasteiger charge is -2.26. The van der Waals surface area contributed by atoms with Crippen LogP contribution in [0.15, 0.2) is 66.7 Å². The van der Waals surface area contributed by atoms with Crippen LogP contribution < -0.4 is 5.73 Å². The summed E-state index contributed by atoms with van der Waals surface area (Å²) < 4.78 is 0. The van der Waals surface area contributed by atoms with Gasteiger partial charge in [-0.2, -0.15) is 0 Å². The number of fused-ring (bicyclic) bond motifs is 1. The van der Waals surface area contributed by atoms with Crippen LogP contribution in [0, 0.1) is 0 Å². The van der Waals surface area contributed by atoms with Crippen LogP contribution in [0.4, 0.5) is 0 Å². The molecular weight excluding hydrogens is 322 g/mol. The van der Waals surface area contributed by atoms with E-state index in [9.17, 15) is 9.90 Å². The molecule has 1 amide bonds. The second-order valence-corrected chi connectivity index (χ2v) is 6.92. The van der Waals surface area contributed by atoms with Crippen molar-refractivity contribution in [2.45, 2.75) is 25.2 Å². The van der Waals surface area contributed by atoms with Gasteiger partial charge in [-0.15, -0.1) is 0 Å². The maximum absolute atomic E-state index is 12.0. The summed E-state index contributed by atoms with van der Waals surface area (Å²) in [6.07, 6.45) is 2.95. The van der Waals surface area contributed by atoms with Crippen molar-refractivity contribution in [3.05, 3.63) is 89.0 Å². The van der Waals surface area contributed by atoms with E-state index in [2.05, 4.69) is 30.3 Å². The predicted octanol–water partition coefficient (Wildman–Crippen LogP) is 4.43. The molecule has 4 rings (SSSR count). The Morgan fingerprint density at radius 2 is 1.62 bits per heavy atom. The molecule has 130 valence electrons. The third-order valence-corrected chi connectivity index (χ3v) is 5.30. The van der Waals surface area contributed by atoms with Crippen LogP contribution >= 0.6 is 0 Å². The minimum Gasteiger partial charge on any atom is -0.508 e. The van der Waals surface area contributed by atoms with Gasteiger partial charge in [-0.05, 0) is 71.2 Å². The summed E-state index contributed by atoms with van der Waals surface area (Å²) in [7, 11) is 0. The molecule has 1 unspecified atom stereocenters. The number of benzene rings is 3. The van der Waals surface area contributed by atoms with E-state index in [0.717, 1.165) is 36.0 Å². The molecule has 0 spiro atoms. The van der Waals surface area contributed by atoms with Crippen LogP contribution in [0.5, 0.6) is 5.75 Å². The number of amides is 1. The summed E-state index contributed by atoms with van der Waals surface area (Å²) in [6.45, 7) is 0. The number of phenols is 1. The summed E-state index contributed by atoms with van der Waals surface area (Å²) in [5.74, 6) is 0.146. The number of phenolic OH excluding ortho intramolecular Hbond substituents is 1. The third-order valence-electron chi connectivity index (χ3n) is 5.30. The first-order valence-electron chi connectivity index (χ1n) is 8.92. The highest BCUT2D eigenvalue weighted by atomic mass is 16.3. The van der Waals surface area contributed by atoms with Crippen molar-refractivity contribution >= 4 is 5.91 Å². The topological polar surface area (TPSA) is 63.3 Å². The molecule has 3 nitrogen and oxygen atoms in total. The van der Waals surface area contributed by atoms with E-state index in [4.69, 9.17) is 5.73 Å².